The first-order chi connectivity index (χ1) is 5.58. The highest BCUT2D eigenvalue weighted by Crippen LogP contribution is 2.25. The SMILES string of the molecule is CN(C1CCC1)S(=O)(=O)CC#N. The van der Waals surface area contributed by atoms with Gasteiger partial charge in [-0.3, -0.25) is 0 Å². The molecule has 0 atom stereocenters. The molecular formula is C7H12N2O2S. The third kappa shape index (κ3) is 1.76. The summed E-state index contributed by atoms with van der Waals surface area (Å²) >= 11 is 0. The maximum Gasteiger partial charge on any atom is 0.227 e. The van der Waals surface area contributed by atoms with Gasteiger partial charge in [-0.25, -0.2) is 12.7 Å². The molecule has 0 spiro atoms. The lowest BCUT2D eigenvalue weighted by Crippen LogP contribution is -2.42. The molecule has 0 amide bonds. The normalized spacial score (nSPS) is 18.8. The van der Waals surface area contributed by atoms with Crippen molar-refractivity contribution in [3.8, 4) is 6.07 Å². The van der Waals surface area contributed by atoms with E-state index in [-0.39, 0.29) is 6.04 Å². The number of sulfonamides is 1. The van der Waals surface area contributed by atoms with Crippen LogP contribution in [0.2, 0.25) is 0 Å². The standard InChI is InChI=1S/C7H12N2O2S/c1-9(7-3-2-4-7)12(10,11)6-5-8/h7H,2-4,6H2,1H3. The average Bonchev–Trinajstić information content (AvgIpc) is 1.83. The summed E-state index contributed by atoms with van der Waals surface area (Å²) in [6.07, 6.45) is 2.96. The van der Waals surface area contributed by atoms with Gasteiger partial charge in [-0.1, -0.05) is 6.42 Å². The van der Waals surface area contributed by atoms with Crippen LogP contribution in [0.5, 0.6) is 0 Å². The summed E-state index contributed by atoms with van der Waals surface area (Å²) in [5.41, 5.74) is 0. The van der Waals surface area contributed by atoms with Crippen LogP contribution in [-0.2, 0) is 10.0 Å². The zero-order valence-corrected chi connectivity index (χ0v) is 7.84. The van der Waals surface area contributed by atoms with Crippen molar-refractivity contribution < 1.29 is 8.42 Å². The van der Waals surface area contributed by atoms with Crippen LogP contribution in [0, 0.1) is 11.3 Å². The molecule has 1 fully saturated rings. The van der Waals surface area contributed by atoms with E-state index >= 15 is 0 Å². The molecule has 68 valence electrons. The second-order valence-electron chi connectivity index (χ2n) is 3.02. The zero-order chi connectivity index (χ0) is 9.19. The van der Waals surface area contributed by atoms with Crippen molar-refractivity contribution in [3.63, 3.8) is 0 Å². The Hall–Kier alpha value is -0.600. The molecule has 4 nitrogen and oxygen atoms in total. The van der Waals surface area contributed by atoms with E-state index in [1.807, 2.05) is 0 Å². The molecule has 0 aliphatic heterocycles. The van der Waals surface area contributed by atoms with E-state index in [2.05, 4.69) is 0 Å². The van der Waals surface area contributed by atoms with Gasteiger partial charge >= 0.3 is 0 Å². The van der Waals surface area contributed by atoms with E-state index in [1.165, 1.54) is 4.31 Å². The van der Waals surface area contributed by atoms with Gasteiger partial charge in [-0.15, -0.1) is 0 Å². The average molecular weight is 188 g/mol. The van der Waals surface area contributed by atoms with Gasteiger partial charge in [0.15, 0.2) is 5.75 Å². The molecular weight excluding hydrogens is 176 g/mol. The number of hydrogen-bond acceptors (Lipinski definition) is 3. The molecule has 0 aromatic heterocycles. The molecule has 1 rings (SSSR count). The quantitative estimate of drug-likeness (QED) is 0.641. The number of nitrogens with zero attached hydrogens (tertiary/aromatic N) is 2. The van der Waals surface area contributed by atoms with Crippen LogP contribution in [0.1, 0.15) is 19.3 Å². The fourth-order valence-electron chi connectivity index (χ4n) is 1.16. The molecule has 0 saturated heterocycles. The molecule has 0 bridgehead atoms. The predicted octanol–water partition coefficient (Wildman–Crippen LogP) is 0.324. The van der Waals surface area contributed by atoms with Crippen molar-refractivity contribution in [3.05, 3.63) is 0 Å². The smallest absolute Gasteiger partial charge is 0.211 e. The summed E-state index contributed by atoms with van der Waals surface area (Å²) < 4.78 is 23.9. The van der Waals surface area contributed by atoms with Gasteiger partial charge < -0.3 is 0 Å². The monoisotopic (exact) mass is 188 g/mol. The largest absolute Gasteiger partial charge is 0.227 e. The lowest BCUT2D eigenvalue weighted by molar-refractivity contribution is 0.250. The number of hydrogen-bond donors (Lipinski definition) is 0. The van der Waals surface area contributed by atoms with Crippen molar-refractivity contribution >= 4 is 10.0 Å². The minimum Gasteiger partial charge on any atom is -0.211 e. The van der Waals surface area contributed by atoms with Gasteiger partial charge in [0.2, 0.25) is 10.0 Å². The highest BCUT2D eigenvalue weighted by atomic mass is 32.2. The fourth-order valence-corrected chi connectivity index (χ4v) is 2.19. The maximum atomic E-state index is 11.3. The first kappa shape index (κ1) is 9.49. The highest BCUT2D eigenvalue weighted by Gasteiger charge is 2.29. The van der Waals surface area contributed by atoms with Crippen LogP contribution >= 0.6 is 0 Å². The van der Waals surface area contributed by atoms with Gasteiger partial charge in [0.25, 0.3) is 0 Å². The Morgan fingerprint density at radius 3 is 2.50 bits per heavy atom. The topological polar surface area (TPSA) is 61.2 Å². The molecule has 0 N–H and O–H groups in total. The van der Waals surface area contributed by atoms with Crippen LogP contribution < -0.4 is 0 Å². The van der Waals surface area contributed by atoms with Crippen molar-refractivity contribution in [1.82, 2.24) is 4.31 Å². The summed E-state index contributed by atoms with van der Waals surface area (Å²) in [6, 6.07) is 1.80. The maximum absolute atomic E-state index is 11.3. The Morgan fingerprint density at radius 1 is 1.58 bits per heavy atom. The predicted molar refractivity (Wildman–Crippen MR) is 44.8 cm³/mol. The molecule has 1 aliphatic carbocycles. The van der Waals surface area contributed by atoms with Gasteiger partial charge in [0, 0.05) is 13.1 Å². The van der Waals surface area contributed by atoms with E-state index in [9.17, 15) is 8.42 Å². The molecule has 0 unspecified atom stereocenters. The van der Waals surface area contributed by atoms with Crippen molar-refractivity contribution in [1.29, 1.82) is 5.26 Å². The first-order valence-electron chi connectivity index (χ1n) is 3.90. The van der Waals surface area contributed by atoms with Crippen LogP contribution in [0.3, 0.4) is 0 Å². The third-order valence-corrected chi connectivity index (χ3v) is 3.94. The second kappa shape index (κ2) is 3.42. The highest BCUT2D eigenvalue weighted by molar-refractivity contribution is 7.89. The summed E-state index contributed by atoms with van der Waals surface area (Å²) in [5, 5.41) is 8.27. The number of nitriles is 1. The van der Waals surface area contributed by atoms with Gasteiger partial charge in [-0.2, -0.15) is 5.26 Å². The molecule has 1 aliphatic rings. The Morgan fingerprint density at radius 2 is 2.17 bits per heavy atom. The molecule has 0 aromatic carbocycles. The van der Waals surface area contributed by atoms with E-state index in [0.29, 0.717) is 0 Å². The molecule has 0 heterocycles. The first-order valence-corrected chi connectivity index (χ1v) is 5.51. The summed E-state index contributed by atoms with van der Waals surface area (Å²) in [5.74, 6) is -0.403. The van der Waals surface area contributed by atoms with Crippen LogP contribution in [0.4, 0.5) is 0 Å². The van der Waals surface area contributed by atoms with Gasteiger partial charge in [0.1, 0.15) is 0 Å². The molecule has 5 heteroatoms. The van der Waals surface area contributed by atoms with E-state index in [4.69, 9.17) is 5.26 Å². The van der Waals surface area contributed by atoms with E-state index in [0.717, 1.165) is 19.3 Å². The third-order valence-electron chi connectivity index (χ3n) is 2.27. The Bertz CT molecular complexity index is 287. The van der Waals surface area contributed by atoms with Gasteiger partial charge in [-0.05, 0) is 12.8 Å². The minimum atomic E-state index is -3.30. The van der Waals surface area contributed by atoms with Crippen molar-refractivity contribution in [2.24, 2.45) is 0 Å². The fraction of sp³-hybridized carbons (Fsp3) is 0.857. The Kier molecular flexibility index (Phi) is 2.70. The summed E-state index contributed by atoms with van der Waals surface area (Å²) in [6.45, 7) is 0. The van der Waals surface area contributed by atoms with Crippen LogP contribution in [-0.4, -0.2) is 31.6 Å². The van der Waals surface area contributed by atoms with E-state index < -0.39 is 15.8 Å². The Balaban J connectivity index is 2.62. The lowest BCUT2D eigenvalue weighted by atomic mass is 9.94. The second-order valence-corrected chi connectivity index (χ2v) is 5.04. The Labute approximate surface area is 72.8 Å². The lowest BCUT2D eigenvalue weighted by Gasteiger charge is -2.33. The summed E-state index contributed by atoms with van der Waals surface area (Å²) in [7, 11) is -1.75. The molecule has 0 aromatic rings. The molecule has 12 heavy (non-hydrogen) atoms. The zero-order valence-electron chi connectivity index (χ0n) is 7.02. The van der Waals surface area contributed by atoms with E-state index in [1.54, 1.807) is 13.1 Å². The van der Waals surface area contributed by atoms with Crippen LogP contribution in [0.15, 0.2) is 0 Å². The van der Waals surface area contributed by atoms with Crippen molar-refractivity contribution in [2.45, 2.75) is 25.3 Å². The molecule has 0 radical (unpaired) electrons. The van der Waals surface area contributed by atoms with Crippen LogP contribution in [0.25, 0.3) is 0 Å². The summed E-state index contributed by atoms with van der Waals surface area (Å²) in [4.78, 5) is 0. The van der Waals surface area contributed by atoms with Crippen molar-refractivity contribution in [2.75, 3.05) is 12.8 Å². The minimum absolute atomic E-state index is 0.142. The molecule has 1 saturated carbocycles. The van der Waals surface area contributed by atoms with Gasteiger partial charge in [0.05, 0.1) is 6.07 Å². The number of rotatable bonds is 3.